The molecule has 0 unspecified atom stereocenters. The van der Waals surface area contributed by atoms with E-state index in [1.165, 1.54) is 11.8 Å². The zero-order valence-corrected chi connectivity index (χ0v) is 14.4. The number of carbonyl (C=O) groups excluding carboxylic acids is 2. The monoisotopic (exact) mass is 347 g/mol. The van der Waals surface area contributed by atoms with E-state index in [1.54, 1.807) is 18.2 Å². The molecule has 1 atom stereocenters. The van der Waals surface area contributed by atoms with E-state index in [4.69, 9.17) is 4.74 Å². The van der Waals surface area contributed by atoms with Crippen LogP contribution in [0.4, 0.5) is 5.69 Å². The van der Waals surface area contributed by atoms with Crippen LogP contribution in [-0.4, -0.2) is 35.4 Å². The summed E-state index contributed by atoms with van der Waals surface area (Å²) < 4.78 is 5.49. The van der Waals surface area contributed by atoms with Gasteiger partial charge in [0.2, 0.25) is 11.8 Å². The van der Waals surface area contributed by atoms with Gasteiger partial charge in [0.05, 0.1) is 13.2 Å². The third-order valence-electron chi connectivity index (χ3n) is 3.12. The molecule has 1 aromatic carbocycles. The van der Waals surface area contributed by atoms with Gasteiger partial charge in [-0.2, -0.15) is 0 Å². The molecule has 128 valence electrons. The molecule has 2 amide bonds. The second-order valence-corrected chi connectivity index (χ2v) is 6.35. The third kappa shape index (κ3) is 5.42. The number of ether oxygens (including phenoxy) is 1. The van der Waals surface area contributed by atoms with Gasteiger partial charge in [-0.25, -0.2) is 0 Å². The van der Waals surface area contributed by atoms with Crippen molar-refractivity contribution in [2.45, 2.75) is 25.0 Å². The van der Waals surface area contributed by atoms with Crippen molar-refractivity contribution >= 4 is 34.4 Å². The first kappa shape index (κ1) is 18.1. The first-order valence-electron chi connectivity index (χ1n) is 7.78. The van der Waals surface area contributed by atoms with E-state index in [0.29, 0.717) is 24.0 Å². The van der Waals surface area contributed by atoms with Crippen LogP contribution in [0, 0.1) is 0 Å². The highest BCUT2D eigenvalue weighted by atomic mass is 32.2. The maximum absolute atomic E-state index is 12.1. The van der Waals surface area contributed by atoms with Crippen molar-refractivity contribution in [2.24, 2.45) is 4.99 Å². The van der Waals surface area contributed by atoms with Gasteiger partial charge in [0.15, 0.2) is 5.17 Å². The summed E-state index contributed by atoms with van der Waals surface area (Å²) in [5, 5.41) is 5.53. The molecule has 6 nitrogen and oxygen atoms in total. The van der Waals surface area contributed by atoms with E-state index in [9.17, 15) is 9.59 Å². The fraction of sp³-hybridized carbons (Fsp3) is 0.353. The number of hydrogen-bond donors (Lipinski definition) is 2. The van der Waals surface area contributed by atoms with Crippen LogP contribution in [-0.2, 0) is 9.59 Å². The van der Waals surface area contributed by atoms with Crippen LogP contribution in [0.5, 0.6) is 5.75 Å². The molecule has 0 aromatic heterocycles. The molecule has 0 aliphatic carbocycles. The van der Waals surface area contributed by atoms with Gasteiger partial charge in [-0.05, 0) is 30.7 Å². The van der Waals surface area contributed by atoms with E-state index in [0.717, 1.165) is 12.2 Å². The standard InChI is InChI=1S/C17H21N3O3S/c1-3-9-18-17-20-16(22)14(24-17)11-15(21)19-12-5-7-13(8-6-12)23-10-4-2/h3,5-8,14H,1,4,9-11H2,2H3,(H,19,21)(H,18,20,22)/t14-/m1/s1. The summed E-state index contributed by atoms with van der Waals surface area (Å²) in [6, 6.07) is 7.17. The topological polar surface area (TPSA) is 79.8 Å². The lowest BCUT2D eigenvalue weighted by molar-refractivity contribution is -0.122. The largest absolute Gasteiger partial charge is 0.494 e. The Kier molecular flexibility index (Phi) is 6.87. The predicted molar refractivity (Wildman–Crippen MR) is 97.5 cm³/mol. The molecule has 1 aromatic rings. The Labute approximate surface area is 145 Å². The van der Waals surface area contributed by atoms with Crippen LogP contribution in [0.3, 0.4) is 0 Å². The molecule has 24 heavy (non-hydrogen) atoms. The Morgan fingerprint density at radius 1 is 1.46 bits per heavy atom. The number of benzene rings is 1. The Morgan fingerprint density at radius 2 is 2.21 bits per heavy atom. The number of hydrogen-bond acceptors (Lipinski definition) is 5. The van der Waals surface area contributed by atoms with Crippen molar-refractivity contribution in [2.75, 3.05) is 18.5 Å². The minimum atomic E-state index is -0.458. The van der Waals surface area contributed by atoms with Crippen LogP contribution in [0.2, 0.25) is 0 Å². The summed E-state index contributed by atoms with van der Waals surface area (Å²) >= 11 is 1.27. The lowest BCUT2D eigenvalue weighted by Crippen LogP contribution is -2.28. The van der Waals surface area contributed by atoms with Gasteiger partial charge in [0.1, 0.15) is 11.0 Å². The van der Waals surface area contributed by atoms with Gasteiger partial charge in [-0.1, -0.05) is 24.8 Å². The Bertz CT molecular complexity index is 628. The number of amides is 2. The molecule has 0 spiro atoms. The van der Waals surface area contributed by atoms with E-state index in [-0.39, 0.29) is 18.2 Å². The normalized spacial score (nSPS) is 18.3. The summed E-state index contributed by atoms with van der Waals surface area (Å²) in [4.78, 5) is 28.1. The summed E-state index contributed by atoms with van der Waals surface area (Å²) in [5.41, 5.74) is 0.674. The number of nitrogens with one attached hydrogen (secondary N) is 2. The second-order valence-electron chi connectivity index (χ2n) is 5.16. The number of aliphatic imine (C=N–C) groups is 1. The van der Waals surface area contributed by atoms with Crippen LogP contribution in [0.25, 0.3) is 0 Å². The maximum Gasteiger partial charge on any atom is 0.240 e. The molecule has 7 heteroatoms. The average Bonchev–Trinajstić information content (AvgIpc) is 2.92. The number of anilines is 1. The fourth-order valence-corrected chi connectivity index (χ4v) is 2.98. The first-order valence-corrected chi connectivity index (χ1v) is 8.66. The van der Waals surface area contributed by atoms with Crippen molar-refractivity contribution in [3.63, 3.8) is 0 Å². The Morgan fingerprint density at radius 3 is 2.88 bits per heavy atom. The van der Waals surface area contributed by atoms with Crippen molar-refractivity contribution < 1.29 is 14.3 Å². The van der Waals surface area contributed by atoms with E-state index in [1.807, 2.05) is 19.1 Å². The lowest BCUT2D eigenvalue weighted by Gasteiger charge is -2.09. The molecule has 1 heterocycles. The molecule has 1 fully saturated rings. The molecule has 2 N–H and O–H groups in total. The number of amidine groups is 1. The number of nitrogens with zero attached hydrogens (tertiary/aromatic N) is 1. The highest BCUT2D eigenvalue weighted by Crippen LogP contribution is 2.23. The highest BCUT2D eigenvalue weighted by molar-refractivity contribution is 8.15. The summed E-state index contributed by atoms with van der Waals surface area (Å²) in [5.74, 6) is 0.361. The smallest absolute Gasteiger partial charge is 0.240 e. The molecule has 2 rings (SSSR count). The van der Waals surface area contributed by atoms with E-state index in [2.05, 4.69) is 22.2 Å². The average molecular weight is 347 g/mol. The minimum absolute atomic E-state index is 0.0949. The fourth-order valence-electron chi connectivity index (χ4n) is 2.00. The maximum atomic E-state index is 12.1. The molecule has 1 aliphatic heterocycles. The molecule has 1 aliphatic rings. The van der Waals surface area contributed by atoms with Crippen LogP contribution in [0.1, 0.15) is 19.8 Å². The molecule has 0 bridgehead atoms. The van der Waals surface area contributed by atoms with Gasteiger partial charge in [0.25, 0.3) is 0 Å². The first-order chi connectivity index (χ1) is 11.6. The Balaban J connectivity index is 1.84. The van der Waals surface area contributed by atoms with E-state index < -0.39 is 5.25 Å². The Hall–Kier alpha value is -2.28. The van der Waals surface area contributed by atoms with Gasteiger partial charge in [-0.15, -0.1) is 6.58 Å². The zero-order valence-electron chi connectivity index (χ0n) is 13.6. The van der Waals surface area contributed by atoms with Crippen molar-refractivity contribution in [3.05, 3.63) is 36.9 Å². The van der Waals surface area contributed by atoms with Crippen molar-refractivity contribution in [1.29, 1.82) is 0 Å². The quantitative estimate of drug-likeness (QED) is 0.708. The van der Waals surface area contributed by atoms with Gasteiger partial charge >= 0.3 is 0 Å². The number of carbonyl (C=O) groups is 2. The third-order valence-corrected chi connectivity index (χ3v) is 4.24. The van der Waals surface area contributed by atoms with E-state index >= 15 is 0 Å². The predicted octanol–water partition coefficient (Wildman–Crippen LogP) is 2.58. The van der Waals surface area contributed by atoms with Gasteiger partial charge < -0.3 is 15.4 Å². The number of rotatable bonds is 8. The zero-order chi connectivity index (χ0) is 17.4. The molecular formula is C17H21N3O3S. The summed E-state index contributed by atoms with van der Waals surface area (Å²) in [6.07, 6.45) is 2.68. The summed E-state index contributed by atoms with van der Waals surface area (Å²) in [6.45, 7) is 6.72. The van der Waals surface area contributed by atoms with Crippen LogP contribution in [0.15, 0.2) is 41.9 Å². The molecule has 0 saturated carbocycles. The highest BCUT2D eigenvalue weighted by Gasteiger charge is 2.31. The van der Waals surface area contributed by atoms with Gasteiger partial charge in [0, 0.05) is 12.1 Å². The minimum Gasteiger partial charge on any atom is -0.494 e. The number of thioether (sulfide) groups is 1. The molecule has 0 radical (unpaired) electrons. The van der Waals surface area contributed by atoms with Crippen molar-refractivity contribution in [3.8, 4) is 5.75 Å². The lowest BCUT2D eigenvalue weighted by atomic mass is 10.2. The van der Waals surface area contributed by atoms with Crippen LogP contribution >= 0.6 is 11.8 Å². The van der Waals surface area contributed by atoms with Crippen molar-refractivity contribution in [1.82, 2.24) is 5.32 Å². The SMILES string of the molecule is C=CCN=C1NC(=O)[C@@H](CC(=O)Nc2ccc(OCCC)cc2)S1. The van der Waals surface area contributed by atoms with Crippen LogP contribution < -0.4 is 15.4 Å². The summed E-state index contributed by atoms with van der Waals surface area (Å²) in [7, 11) is 0. The molecular weight excluding hydrogens is 326 g/mol. The second kappa shape index (κ2) is 9.12. The molecule has 1 saturated heterocycles. The van der Waals surface area contributed by atoms with Gasteiger partial charge in [-0.3, -0.25) is 14.6 Å².